The second-order valence-corrected chi connectivity index (χ2v) is 6.62. The van der Waals surface area contributed by atoms with Gasteiger partial charge in [0.15, 0.2) is 0 Å². The summed E-state index contributed by atoms with van der Waals surface area (Å²) in [7, 11) is 0. The van der Waals surface area contributed by atoms with E-state index in [1.165, 1.54) is 32.3 Å². The number of carbonyl (C=O) groups excluding carboxylic acids is 1. The van der Waals surface area contributed by atoms with Crippen LogP contribution in [0.25, 0.3) is 10.9 Å². The maximum Gasteiger partial charge on any atom is 0.241 e. The van der Waals surface area contributed by atoms with Gasteiger partial charge in [-0.3, -0.25) is 9.69 Å². The van der Waals surface area contributed by atoms with Gasteiger partial charge in [-0.1, -0.05) is 12.1 Å². The minimum Gasteiger partial charge on any atom is -0.360 e. The summed E-state index contributed by atoms with van der Waals surface area (Å²) in [6.45, 7) is 4.40. The Labute approximate surface area is 141 Å². The second-order valence-electron chi connectivity index (χ2n) is 6.62. The van der Waals surface area contributed by atoms with Crippen LogP contribution in [0.3, 0.4) is 0 Å². The number of nitrogens with one attached hydrogen (secondary N) is 1. The van der Waals surface area contributed by atoms with E-state index in [1.807, 2.05) is 29.2 Å². The van der Waals surface area contributed by atoms with Gasteiger partial charge in [0.1, 0.15) is 12.1 Å². The van der Waals surface area contributed by atoms with Gasteiger partial charge in [-0.05, 0) is 44.5 Å². The van der Waals surface area contributed by atoms with Gasteiger partial charge in [-0.2, -0.15) is 0 Å². The Balaban J connectivity index is 1.36. The smallest absolute Gasteiger partial charge is 0.241 e. The average molecular weight is 325 g/mol. The molecule has 24 heavy (non-hydrogen) atoms. The van der Waals surface area contributed by atoms with E-state index in [2.05, 4.69) is 20.2 Å². The highest BCUT2D eigenvalue weighted by atomic mass is 16.2. The zero-order chi connectivity index (χ0) is 16.4. The summed E-state index contributed by atoms with van der Waals surface area (Å²) < 4.78 is 0. The third-order valence-corrected chi connectivity index (χ3v) is 5.12. The summed E-state index contributed by atoms with van der Waals surface area (Å²) in [5.74, 6) is 0.878. The lowest BCUT2D eigenvalue weighted by Gasteiger charge is -2.23. The van der Waals surface area contributed by atoms with Gasteiger partial charge >= 0.3 is 0 Å². The molecule has 126 valence electrons. The minimum absolute atomic E-state index is 0.152. The third-order valence-electron chi connectivity index (χ3n) is 5.12. The predicted molar refractivity (Wildman–Crippen MR) is 93.8 cm³/mol. The van der Waals surface area contributed by atoms with Crippen LogP contribution in [0.1, 0.15) is 19.3 Å². The molecular weight excluding hydrogens is 302 g/mol. The number of benzene rings is 1. The number of rotatable bonds is 4. The molecule has 3 heterocycles. The SMILES string of the molecule is O=C(CNc1ncnc2ccccc12)N1CCC(N2CCCC2)C1. The van der Waals surface area contributed by atoms with Crippen molar-refractivity contribution in [3.8, 4) is 0 Å². The van der Waals surface area contributed by atoms with Crippen LogP contribution in [-0.4, -0.2) is 64.4 Å². The summed E-state index contributed by atoms with van der Waals surface area (Å²) in [5.41, 5.74) is 0.887. The van der Waals surface area contributed by atoms with Gasteiger partial charge in [0.2, 0.25) is 5.91 Å². The fourth-order valence-electron chi connectivity index (χ4n) is 3.79. The molecule has 0 radical (unpaired) electrons. The maximum absolute atomic E-state index is 12.5. The number of anilines is 1. The van der Waals surface area contributed by atoms with Crippen molar-refractivity contribution in [2.24, 2.45) is 0 Å². The number of aromatic nitrogens is 2. The molecule has 0 bridgehead atoms. The Morgan fingerprint density at radius 1 is 1.17 bits per heavy atom. The van der Waals surface area contributed by atoms with E-state index in [-0.39, 0.29) is 12.5 Å². The van der Waals surface area contributed by atoms with Gasteiger partial charge in [-0.25, -0.2) is 9.97 Å². The Hall–Kier alpha value is -2.21. The molecule has 1 unspecified atom stereocenters. The number of amides is 1. The van der Waals surface area contributed by atoms with Gasteiger partial charge in [-0.15, -0.1) is 0 Å². The minimum atomic E-state index is 0.152. The molecule has 1 amide bonds. The van der Waals surface area contributed by atoms with Crippen LogP contribution in [0.2, 0.25) is 0 Å². The lowest BCUT2D eigenvalue weighted by atomic mass is 10.2. The first-order chi connectivity index (χ1) is 11.8. The molecule has 2 aromatic rings. The molecule has 1 atom stereocenters. The molecular formula is C18H23N5O. The van der Waals surface area contributed by atoms with Crippen LogP contribution in [0.4, 0.5) is 5.82 Å². The lowest BCUT2D eigenvalue weighted by molar-refractivity contribution is -0.128. The van der Waals surface area contributed by atoms with Crippen LogP contribution in [0, 0.1) is 0 Å². The van der Waals surface area contributed by atoms with Crippen LogP contribution < -0.4 is 5.32 Å². The maximum atomic E-state index is 12.5. The van der Waals surface area contributed by atoms with E-state index in [9.17, 15) is 4.79 Å². The predicted octanol–water partition coefficient (Wildman–Crippen LogP) is 1.74. The van der Waals surface area contributed by atoms with Crippen LogP contribution in [0.15, 0.2) is 30.6 Å². The lowest BCUT2D eigenvalue weighted by Crippen LogP contribution is -2.39. The van der Waals surface area contributed by atoms with Crippen molar-refractivity contribution in [3.05, 3.63) is 30.6 Å². The van der Waals surface area contributed by atoms with Crippen molar-refractivity contribution in [1.29, 1.82) is 0 Å². The van der Waals surface area contributed by atoms with Gasteiger partial charge in [0.25, 0.3) is 0 Å². The standard InChI is InChI=1S/C18H23N5O/c24-17(23-10-7-14(12-23)22-8-3-4-9-22)11-19-18-15-5-1-2-6-16(15)20-13-21-18/h1-2,5-6,13-14H,3-4,7-12H2,(H,19,20,21). The molecule has 2 aliphatic rings. The normalized spacial score (nSPS) is 21.5. The summed E-state index contributed by atoms with van der Waals surface area (Å²) in [5, 5.41) is 4.14. The van der Waals surface area contributed by atoms with Gasteiger partial charge in [0, 0.05) is 24.5 Å². The van der Waals surface area contributed by atoms with Crippen molar-refractivity contribution < 1.29 is 4.79 Å². The summed E-state index contributed by atoms with van der Waals surface area (Å²) in [4.78, 5) is 25.6. The quantitative estimate of drug-likeness (QED) is 0.928. The summed E-state index contributed by atoms with van der Waals surface area (Å²) in [6, 6.07) is 8.38. The Kier molecular flexibility index (Phi) is 4.30. The highest BCUT2D eigenvalue weighted by Gasteiger charge is 2.31. The van der Waals surface area contributed by atoms with E-state index in [0.29, 0.717) is 6.04 Å². The van der Waals surface area contributed by atoms with Crippen molar-refractivity contribution in [2.75, 3.05) is 38.0 Å². The fourth-order valence-corrected chi connectivity index (χ4v) is 3.79. The first-order valence-corrected chi connectivity index (χ1v) is 8.77. The number of hydrogen-bond acceptors (Lipinski definition) is 5. The molecule has 2 fully saturated rings. The second kappa shape index (κ2) is 6.73. The van der Waals surface area contributed by atoms with E-state index >= 15 is 0 Å². The Bertz CT molecular complexity index is 723. The van der Waals surface area contributed by atoms with Crippen molar-refractivity contribution >= 4 is 22.6 Å². The highest BCUT2D eigenvalue weighted by Crippen LogP contribution is 2.21. The van der Waals surface area contributed by atoms with E-state index in [4.69, 9.17) is 0 Å². The van der Waals surface area contributed by atoms with Crippen LogP contribution in [0.5, 0.6) is 0 Å². The number of nitrogens with zero attached hydrogens (tertiary/aromatic N) is 4. The van der Waals surface area contributed by atoms with Gasteiger partial charge < -0.3 is 10.2 Å². The van der Waals surface area contributed by atoms with Crippen molar-refractivity contribution in [1.82, 2.24) is 19.8 Å². The molecule has 0 saturated carbocycles. The molecule has 1 N–H and O–H groups in total. The molecule has 1 aromatic heterocycles. The molecule has 4 rings (SSSR count). The molecule has 2 saturated heterocycles. The zero-order valence-electron chi connectivity index (χ0n) is 13.8. The van der Waals surface area contributed by atoms with Gasteiger partial charge in [0.05, 0.1) is 12.1 Å². The largest absolute Gasteiger partial charge is 0.360 e. The summed E-state index contributed by atoms with van der Waals surface area (Å²) >= 11 is 0. The van der Waals surface area contributed by atoms with E-state index < -0.39 is 0 Å². The number of fused-ring (bicyclic) bond motifs is 1. The number of carbonyl (C=O) groups is 1. The highest BCUT2D eigenvalue weighted by molar-refractivity contribution is 5.90. The Morgan fingerprint density at radius 3 is 2.88 bits per heavy atom. The molecule has 1 aromatic carbocycles. The average Bonchev–Trinajstić information content (AvgIpc) is 3.30. The number of para-hydroxylation sites is 1. The molecule has 6 nitrogen and oxygen atoms in total. The molecule has 6 heteroatoms. The summed E-state index contributed by atoms with van der Waals surface area (Å²) in [6.07, 6.45) is 5.23. The van der Waals surface area contributed by atoms with Crippen LogP contribution in [-0.2, 0) is 4.79 Å². The fraction of sp³-hybridized carbons (Fsp3) is 0.500. The Morgan fingerprint density at radius 2 is 2.00 bits per heavy atom. The first kappa shape index (κ1) is 15.3. The monoisotopic (exact) mass is 325 g/mol. The molecule has 2 aliphatic heterocycles. The zero-order valence-corrected chi connectivity index (χ0v) is 13.8. The molecule has 0 aliphatic carbocycles. The topological polar surface area (TPSA) is 61.4 Å². The van der Waals surface area contributed by atoms with Crippen LogP contribution >= 0.6 is 0 Å². The van der Waals surface area contributed by atoms with Crippen molar-refractivity contribution in [2.45, 2.75) is 25.3 Å². The third kappa shape index (κ3) is 3.06. The number of hydrogen-bond donors (Lipinski definition) is 1. The van der Waals surface area contributed by atoms with Crippen molar-refractivity contribution in [3.63, 3.8) is 0 Å². The number of likely N-dealkylation sites (tertiary alicyclic amines) is 2. The van der Waals surface area contributed by atoms with E-state index in [0.717, 1.165) is 36.2 Å². The van der Waals surface area contributed by atoms with E-state index in [1.54, 1.807) is 0 Å². The first-order valence-electron chi connectivity index (χ1n) is 8.77. The molecule has 0 spiro atoms.